The molecule has 24 heavy (non-hydrogen) atoms. The third-order valence-corrected chi connectivity index (χ3v) is 3.86. The number of hydrogen-bond donors (Lipinski definition) is 0. The highest BCUT2D eigenvalue weighted by atomic mass is 16.7. The van der Waals surface area contributed by atoms with E-state index in [1.54, 1.807) is 0 Å². The van der Waals surface area contributed by atoms with Crippen LogP contribution in [0.5, 0.6) is 0 Å². The molecule has 0 aliphatic rings. The van der Waals surface area contributed by atoms with Crippen molar-refractivity contribution in [3.8, 4) is 0 Å². The molecule has 0 rings (SSSR count). The molecule has 0 bridgehead atoms. The first kappa shape index (κ1) is 23.2. The van der Waals surface area contributed by atoms with Gasteiger partial charge in [-0.1, -0.05) is 27.7 Å². The van der Waals surface area contributed by atoms with Crippen molar-refractivity contribution < 1.29 is 14.3 Å². The third-order valence-electron chi connectivity index (χ3n) is 3.86. The molecule has 0 saturated carbocycles. The van der Waals surface area contributed by atoms with E-state index in [9.17, 15) is 4.79 Å². The van der Waals surface area contributed by atoms with Crippen molar-refractivity contribution in [1.29, 1.82) is 0 Å². The van der Waals surface area contributed by atoms with Crippen LogP contribution >= 0.6 is 0 Å². The van der Waals surface area contributed by atoms with Crippen LogP contribution in [0.3, 0.4) is 0 Å². The second-order valence-corrected chi connectivity index (χ2v) is 7.91. The number of rotatable bonds is 12. The Labute approximate surface area is 149 Å². The van der Waals surface area contributed by atoms with Crippen LogP contribution in [-0.2, 0) is 9.47 Å². The molecule has 0 N–H and O–H groups in total. The molecule has 0 atom stereocenters. The highest BCUT2D eigenvalue weighted by molar-refractivity contribution is 5.59. The first-order valence-corrected chi connectivity index (χ1v) is 9.41. The van der Waals surface area contributed by atoms with Crippen LogP contribution in [0, 0.1) is 11.8 Å². The lowest BCUT2D eigenvalue weighted by Crippen LogP contribution is -2.38. The molecule has 0 radical (unpaired) electrons. The van der Waals surface area contributed by atoms with Gasteiger partial charge in [-0.05, 0) is 39.5 Å². The summed E-state index contributed by atoms with van der Waals surface area (Å²) in [5, 5.41) is 0. The molecule has 0 aliphatic carbocycles. The molecule has 0 aromatic heterocycles. The van der Waals surface area contributed by atoms with Crippen molar-refractivity contribution in [1.82, 2.24) is 9.80 Å². The second-order valence-electron chi connectivity index (χ2n) is 7.91. The average molecular weight is 345 g/mol. The monoisotopic (exact) mass is 344 g/mol. The minimum Gasteiger partial charge on any atom is -0.433 e. The molecule has 0 aromatic rings. The topological polar surface area (TPSA) is 42.0 Å². The lowest BCUT2D eigenvalue weighted by atomic mass is 10.2. The fourth-order valence-corrected chi connectivity index (χ4v) is 2.59. The molecule has 144 valence electrons. The summed E-state index contributed by atoms with van der Waals surface area (Å²) in [5.41, 5.74) is 0. The molecule has 5 nitrogen and oxygen atoms in total. The number of carbonyl (C=O) groups excluding carboxylic acids is 1. The van der Waals surface area contributed by atoms with Gasteiger partial charge in [-0.15, -0.1) is 0 Å². The Morgan fingerprint density at radius 2 is 1.04 bits per heavy atom. The van der Waals surface area contributed by atoms with Gasteiger partial charge in [0.2, 0.25) is 0 Å². The first-order valence-electron chi connectivity index (χ1n) is 9.41. The van der Waals surface area contributed by atoms with E-state index in [4.69, 9.17) is 9.47 Å². The summed E-state index contributed by atoms with van der Waals surface area (Å²) in [6.45, 7) is 21.7. The summed E-state index contributed by atoms with van der Waals surface area (Å²) in [7, 11) is 0. The largest absolute Gasteiger partial charge is 0.508 e. The second kappa shape index (κ2) is 12.5. The van der Waals surface area contributed by atoms with Gasteiger partial charge in [-0.3, -0.25) is 9.80 Å². The van der Waals surface area contributed by atoms with Gasteiger partial charge < -0.3 is 9.47 Å². The van der Waals surface area contributed by atoms with E-state index in [1.165, 1.54) is 0 Å². The molecular weight excluding hydrogens is 304 g/mol. The van der Waals surface area contributed by atoms with Crippen LogP contribution in [0.15, 0.2) is 0 Å². The zero-order valence-corrected chi connectivity index (χ0v) is 17.2. The lowest BCUT2D eigenvalue weighted by molar-refractivity contribution is 0.0347. The minimum absolute atomic E-state index is 0.379. The summed E-state index contributed by atoms with van der Waals surface area (Å²) in [6.07, 6.45) is -0.559. The van der Waals surface area contributed by atoms with Gasteiger partial charge in [-0.25, -0.2) is 4.79 Å². The highest BCUT2D eigenvalue weighted by Gasteiger charge is 2.14. The van der Waals surface area contributed by atoms with E-state index in [2.05, 4.69) is 65.2 Å². The summed E-state index contributed by atoms with van der Waals surface area (Å²) in [6, 6.07) is 0.894. The fourth-order valence-electron chi connectivity index (χ4n) is 2.59. The van der Waals surface area contributed by atoms with Gasteiger partial charge >= 0.3 is 6.16 Å². The van der Waals surface area contributed by atoms with Crippen LogP contribution in [0.1, 0.15) is 55.4 Å². The van der Waals surface area contributed by atoms with Crippen molar-refractivity contribution >= 4 is 6.16 Å². The summed E-state index contributed by atoms with van der Waals surface area (Å²) in [5.74, 6) is 1.20. The zero-order valence-electron chi connectivity index (χ0n) is 17.2. The summed E-state index contributed by atoms with van der Waals surface area (Å²) in [4.78, 5) is 16.3. The van der Waals surface area contributed by atoms with Crippen molar-refractivity contribution in [3.63, 3.8) is 0 Å². The van der Waals surface area contributed by atoms with Crippen LogP contribution < -0.4 is 0 Å². The molecule has 5 heteroatoms. The SMILES string of the molecule is CC(C)CN(CCOC(=O)OCCN(CC(C)C)C(C)C)C(C)C. The standard InChI is InChI=1S/C19H40N2O3/c1-15(2)13-20(17(5)6)9-11-23-19(22)24-12-10-21(18(7)8)14-16(3)4/h15-18H,9-14H2,1-8H3. The maximum absolute atomic E-state index is 11.7. The van der Waals surface area contributed by atoms with Crippen molar-refractivity contribution in [2.24, 2.45) is 11.8 Å². The van der Waals surface area contributed by atoms with Crippen molar-refractivity contribution in [2.45, 2.75) is 67.5 Å². The van der Waals surface area contributed by atoms with Crippen LogP contribution in [0.2, 0.25) is 0 Å². The van der Waals surface area contributed by atoms with E-state index in [-0.39, 0.29) is 0 Å². The van der Waals surface area contributed by atoms with E-state index < -0.39 is 6.16 Å². The Morgan fingerprint density at radius 1 is 0.708 bits per heavy atom. The maximum Gasteiger partial charge on any atom is 0.508 e. The zero-order chi connectivity index (χ0) is 18.7. The molecule has 0 heterocycles. The molecule has 0 amide bonds. The molecule has 0 aromatic carbocycles. The molecule has 0 aliphatic heterocycles. The van der Waals surface area contributed by atoms with Gasteiger partial charge in [0.05, 0.1) is 0 Å². The highest BCUT2D eigenvalue weighted by Crippen LogP contribution is 2.05. The Bertz CT molecular complexity index is 301. The third kappa shape index (κ3) is 11.7. The number of hydrogen-bond acceptors (Lipinski definition) is 5. The summed E-state index contributed by atoms with van der Waals surface area (Å²) < 4.78 is 10.4. The van der Waals surface area contributed by atoms with Crippen LogP contribution in [0.4, 0.5) is 4.79 Å². The molecule has 0 unspecified atom stereocenters. The van der Waals surface area contributed by atoms with Gasteiger partial charge in [0.1, 0.15) is 13.2 Å². The number of ether oxygens (including phenoxy) is 2. The van der Waals surface area contributed by atoms with E-state index >= 15 is 0 Å². The fraction of sp³-hybridized carbons (Fsp3) is 0.947. The Balaban J connectivity index is 4.00. The predicted molar refractivity (Wildman–Crippen MR) is 100 cm³/mol. The van der Waals surface area contributed by atoms with Crippen molar-refractivity contribution in [2.75, 3.05) is 39.4 Å². The Kier molecular flexibility index (Phi) is 12.1. The quantitative estimate of drug-likeness (QED) is 0.503. The number of carbonyl (C=O) groups is 1. The minimum atomic E-state index is -0.559. The van der Waals surface area contributed by atoms with Gasteiger partial charge in [0.15, 0.2) is 0 Å². The molecule has 0 saturated heterocycles. The smallest absolute Gasteiger partial charge is 0.433 e. The maximum atomic E-state index is 11.7. The summed E-state index contributed by atoms with van der Waals surface area (Å²) >= 11 is 0. The Hall–Kier alpha value is -0.810. The van der Waals surface area contributed by atoms with E-state index in [0.29, 0.717) is 37.1 Å². The van der Waals surface area contributed by atoms with Gasteiger partial charge in [0, 0.05) is 38.3 Å². The Morgan fingerprint density at radius 3 is 1.29 bits per heavy atom. The predicted octanol–water partition coefficient (Wildman–Crippen LogP) is 3.87. The number of nitrogens with zero attached hydrogens (tertiary/aromatic N) is 2. The molecule has 0 fully saturated rings. The van der Waals surface area contributed by atoms with Crippen LogP contribution in [-0.4, -0.2) is 67.4 Å². The first-order chi connectivity index (χ1) is 11.1. The lowest BCUT2D eigenvalue weighted by Gasteiger charge is -2.28. The van der Waals surface area contributed by atoms with E-state index in [1.807, 2.05) is 0 Å². The van der Waals surface area contributed by atoms with Gasteiger partial charge in [0.25, 0.3) is 0 Å². The average Bonchev–Trinajstić information content (AvgIpc) is 2.44. The normalized spacial score (nSPS) is 12.2. The molecule has 0 spiro atoms. The van der Waals surface area contributed by atoms with E-state index in [0.717, 1.165) is 26.2 Å². The molecular formula is C19H40N2O3. The van der Waals surface area contributed by atoms with Crippen LogP contribution in [0.25, 0.3) is 0 Å². The van der Waals surface area contributed by atoms with Gasteiger partial charge in [-0.2, -0.15) is 0 Å². The van der Waals surface area contributed by atoms with Crippen molar-refractivity contribution in [3.05, 3.63) is 0 Å².